The van der Waals surface area contributed by atoms with E-state index in [1.54, 1.807) is 4.90 Å². The number of piperidine rings is 1. The molecule has 0 saturated carbocycles. The Morgan fingerprint density at radius 3 is 2.50 bits per heavy atom. The molecule has 0 aliphatic carbocycles. The Bertz CT molecular complexity index is 595. The van der Waals surface area contributed by atoms with Gasteiger partial charge in [0.15, 0.2) is 0 Å². The molecule has 0 spiro atoms. The molecule has 2 fully saturated rings. The summed E-state index contributed by atoms with van der Waals surface area (Å²) in [4.78, 5) is 14.3. The Hall–Kier alpha value is -1.85. The number of nitrogens with zero attached hydrogens (tertiary/aromatic N) is 1. The first-order valence-corrected chi connectivity index (χ1v) is 8.42. The van der Waals surface area contributed by atoms with Crippen LogP contribution in [0.25, 0.3) is 0 Å². The summed E-state index contributed by atoms with van der Waals surface area (Å²) < 4.78 is 11.1. The highest BCUT2D eigenvalue weighted by Gasteiger charge is 2.47. The lowest BCUT2D eigenvalue weighted by Gasteiger charge is -2.50. The van der Waals surface area contributed by atoms with Crippen LogP contribution in [0.4, 0.5) is 4.79 Å². The monoisotopic (exact) mass is 331 g/mol. The van der Waals surface area contributed by atoms with Crippen molar-refractivity contribution < 1.29 is 19.4 Å². The lowest BCUT2D eigenvalue weighted by atomic mass is 9.80. The van der Waals surface area contributed by atoms with E-state index in [4.69, 9.17) is 9.47 Å². The van der Waals surface area contributed by atoms with Crippen LogP contribution < -0.4 is 0 Å². The van der Waals surface area contributed by atoms with Crippen LogP contribution in [0.2, 0.25) is 0 Å². The van der Waals surface area contributed by atoms with Crippen LogP contribution in [-0.4, -0.2) is 47.0 Å². The molecule has 2 heterocycles. The summed E-state index contributed by atoms with van der Waals surface area (Å²) in [5.74, 6) is 0. The molecule has 2 aliphatic rings. The standard InChI is InChI=1S/C19H25NO4/c1-14(2)8-19(22)9-16-12-23-13-17(10-19)20(16)18(21)24-11-15-6-4-3-5-7-15/h3-8,16-17,22H,9-13H2,1-2H3. The SMILES string of the molecule is CC(C)=CC1(O)CC2COCC(C1)N2C(=O)OCc1ccccc1. The van der Waals surface area contributed by atoms with Crippen molar-refractivity contribution in [3.63, 3.8) is 0 Å². The van der Waals surface area contributed by atoms with Gasteiger partial charge >= 0.3 is 6.09 Å². The normalized spacial score (nSPS) is 29.0. The van der Waals surface area contributed by atoms with Gasteiger partial charge in [-0.2, -0.15) is 0 Å². The topological polar surface area (TPSA) is 59.0 Å². The van der Waals surface area contributed by atoms with Crippen molar-refractivity contribution in [2.24, 2.45) is 0 Å². The van der Waals surface area contributed by atoms with Crippen LogP contribution in [0.15, 0.2) is 42.0 Å². The van der Waals surface area contributed by atoms with Crippen molar-refractivity contribution in [2.75, 3.05) is 13.2 Å². The number of fused-ring (bicyclic) bond motifs is 2. The molecule has 2 unspecified atom stereocenters. The van der Waals surface area contributed by atoms with Crippen LogP contribution in [-0.2, 0) is 16.1 Å². The minimum Gasteiger partial charge on any atom is -0.445 e. The van der Waals surface area contributed by atoms with E-state index in [1.807, 2.05) is 50.3 Å². The zero-order valence-electron chi connectivity index (χ0n) is 14.3. The number of carbonyl (C=O) groups excluding carboxylic acids is 1. The molecule has 0 aromatic heterocycles. The van der Waals surface area contributed by atoms with Crippen molar-refractivity contribution in [3.05, 3.63) is 47.5 Å². The second-order valence-corrected chi connectivity index (χ2v) is 7.03. The molecule has 24 heavy (non-hydrogen) atoms. The average molecular weight is 331 g/mol. The van der Waals surface area contributed by atoms with Gasteiger partial charge in [0.2, 0.25) is 0 Å². The molecular weight excluding hydrogens is 306 g/mol. The molecule has 1 aromatic rings. The molecule has 130 valence electrons. The van der Waals surface area contributed by atoms with Gasteiger partial charge in [-0.3, -0.25) is 4.90 Å². The highest BCUT2D eigenvalue weighted by atomic mass is 16.6. The third-order valence-electron chi connectivity index (χ3n) is 4.56. The van der Waals surface area contributed by atoms with Crippen LogP contribution in [0.1, 0.15) is 32.3 Å². The Kier molecular flexibility index (Phi) is 4.92. The number of hydrogen-bond donors (Lipinski definition) is 1. The molecule has 2 bridgehead atoms. The van der Waals surface area contributed by atoms with Crippen LogP contribution >= 0.6 is 0 Å². The van der Waals surface area contributed by atoms with Crippen molar-refractivity contribution in [1.82, 2.24) is 4.90 Å². The predicted octanol–water partition coefficient (Wildman–Crippen LogP) is 2.88. The summed E-state index contributed by atoms with van der Waals surface area (Å²) in [6, 6.07) is 9.34. The molecule has 2 aliphatic heterocycles. The van der Waals surface area contributed by atoms with Gasteiger partial charge in [0.25, 0.3) is 0 Å². The molecule has 0 radical (unpaired) electrons. The zero-order valence-corrected chi connectivity index (χ0v) is 14.3. The van der Waals surface area contributed by atoms with Gasteiger partial charge in [-0.15, -0.1) is 0 Å². The minimum atomic E-state index is -0.867. The number of ether oxygens (including phenoxy) is 2. The molecule has 1 aromatic carbocycles. The lowest BCUT2D eigenvalue weighted by molar-refractivity contribution is -0.117. The smallest absolute Gasteiger partial charge is 0.410 e. The second kappa shape index (κ2) is 6.95. The van der Waals surface area contributed by atoms with Crippen molar-refractivity contribution in [1.29, 1.82) is 0 Å². The fourth-order valence-electron chi connectivity index (χ4n) is 3.76. The summed E-state index contributed by atoms with van der Waals surface area (Å²) in [5, 5.41) is 10.8. The van der Waals surface area contributed by atoms with Crippen molar-refractivity contribution in [2.45, 2.75) is 51.0 Å². The maximum atomic E-state index is 12.6. The van der Waals surface area contributed by atoms with E-state index < -0.39 is 5.60 Å². The van der Waals surface area contributed by atoms with Crippen LogP contribution in [0.5, 0.6) is 0 Å². The van der Waals surface area contributed by atoms with Crippen LogP contribution in [0.3, 0.4) is 0 Å². The first kappa shape index (κ1) is 17.0. The molecule has 5 heteroatoms. The maximum Gasteiger partial charge on any atom is 0.410 e. The second-order valence-electron chi connectivity index (χ2n) is 7.03. The van der Waals surface area contributed by atoms with Crippen LogP contribution in [0, 0.1) is 0 Å². The molecule has 2 saturated heterocycles. The van der Waals surface area contributed by atoms with Gasteiger partial charge < -0.3 is 14.6 Å². The largest absolute Gasteiger partial charge is 0.445 e. The highest BCUT2D eigenvalue weighted by Crippen LogP contribution is 2.36. The lowest BCUT2D eigenvalue weighted by Crippen LogP contribution is -2.63. The molecule has 5 nitrogen and oxygen atoms in total. The number of allylic oxidation sites excluding steroid dienone is 1. The van der Waals surface area contributed by atoms with E-state index in [0.717, 1.165) is 11.1 Å². The number of aliphatic hydroxyl groups is 1. The summed E-state index contributed by atoms with van der Waals surface area (Å²) >= 11 is 0. The number of benzene rings is 1. The molecule has 2 atom stereocenters. The highest BCUT2D eigenvalue weighted by molar-refractivity contribution is 5.69. The van der Waals surface area contributed by atoms with Gasteiger partial charge in [-0.1, -0.05) is 42.0 Å². The summed E-state index contributed by atoms with van der Waals surface area (Å²) in [5.41, 5.74) is 1.18. The summed E-state index contributed by atoms with van der Waals surface area (Å²) in [6.45, 7) is 5.09. The quantitative estimate of drug-likeness (QED) is 0.865. The molecule has 1 amide bonds. The zero-order chi connectivity index (χ0) is 17.2. The van der Waals surface area contributed by atoms with Crippen molar-refractivity contribution in [3.8, 4) is 0 Å². The average Bonchev–Trinajstić information content (AvgIpc) is 2.51. The minimum absolute atomic E-state index is 0.152. The number of amides is 1. The van der Waals surface area contributed by atoms with Gasteiger partial charge in [-0.25, -0.2) is 4.79 Å². The third-order valence-corrected chi connectivity index (χ3v) is 4.56. The van der Waals surface area contributed by atoms with E-state index >= 15 is 0 Å². The van der Waals surface area contributed by atoms with E-state index in [2.05, 4.69) is 0 Å². The predicted molar refractivity (Wildman–Crippen MR) is 90.5 cm³/mol. The molecule has 1 N–H and O–H groups in total. The maximum absolute atomic E-state index is 12.6. The van der Waals surface area contributed by atoms with E-state index in [0.29, 0.717) is 26.1 Å². The first-order chi connectivity index (χ1) is 11.5. The fourth-order valence-corrected chi connectivity index (χ4v) is 3.76. The van der Waals surface area contributed by atoms with Gasteiger partial charge in [0.05, 0.1) is 30.9 Å². The Labute approximate surface area is 142 Å². The fraction of sp³-hybridized carbons (Fsp3) is 0.526. The number of morpholine rings is 1. The summed E-state index contributed by atoms with van der Waals surface area (Å²) in [6.07, 6.45) is 2.55. The Morgan fingerprint density at radius 2 is 1.92 bits per heavy atom. The molecular formula is C19H25NO4. The number of hydrogen-bond acceptors (Lipinski definition) is 4. The van der Waals surface area contributed by atoms with Gasteiger partial charge in [0, 0.05) is 12.8 Å². The van der Waals surface area contributed by atoms with E-state index in [1.165, 1.54) is 0 Å². The number of carbonyl (C=O) groups is 1. The van der Waals surface area contributed by atoms with E-state index in [-0.39, 0.29) is 24.8 Å². The Morgan fingerprint density at radius 1 is 1.29 bits per heavy atom. The first-order valence-electron chi connectivity index (χ1n) is 8.42. The number of rotatable bonds is 3. The Balaban J connectivity index is 1.68. The molecule has 3 rings (SSSR count). The summed E-state index contributed by atoms with van der Waals surface area (Å²) in [7, 11) is 0. The van der Waals surface area contributed by atoms with Gasteiger partial charge in [-0.05, 0) is 19.4 Å². The van der Waals surface area contributed by atoms with Gasteiger partial charge in [0.1, 0.15) is 6.61 Å². The third kappa shape index (κ3) is 3.79. The van der Waals surface area contributed by atoms with Crippen molar-refractivity contribution >= 4 is 6.09 Å². The van der Waals surface area contributed by atoms with E-state index in [9.17, 15) is 9.90 Å².